The molecule has 0 aliphatic carbocycles. The SMILES string of the molecule is COC(=O)c1ccc2c(=O)[nH]c(CSc3nc4ccccc4c(=O)n3Cc3ccccc3)nc2c1. The summed E-state index contributed by atoms with van der Waals surface area (Å²) in [7, 11) is 1.30. The van der Waals surface area contributed by atoms with Crippen LogP contribution in [0.4, 0.5) is 0 Å². The summed E-state index contributed by atoms with van der Waals surface area (Å²) in [6, 6.07) is 21.5. The van der Waals surface area contributed by atoms with Gasteiger partial charge in [0.2, 0.25) is 0 Å². The highest BCUT2D eigenvalue weighted by molar-refractivity contribution is 7.98. The van der Waals surface area contributed by atoms with E-state index in [9.17, 15) is 14.4 Å². The first-order valence-electron chi connectivity index (χ1n) is 10.8. The van der Waals surface area contributed by atoms with E-state index in [0.717, 1.165) is 5.56 Å². The van der Waals surface area contributed by atoms with Gasteiger partial charge in [-0.1, -0.05) is 54.2 Å². The zero-order valence-corrected chi connectivity index (χ0v) is 19.5. The van der Waals surface area contributed by atoms with Crippen molar-refractivity contribution in [2.24, 2.45) is 0 Å². The molecule has 0 radical (unpaired) electrons. The van der Waals surface area contributed by atoms with Crippen molar-refractivity contribution in [2.75, 3.05) is 7.11 Å². The second-order valence-corrected chi connectivity index (χ2v) is 8.76. The second-order valence-electron chi connectivity index (χ2n) is 7.81. The van der Waals surface area contributed by atoms with Gasteiger partial charge in [0.15, 0.2) is 5.16 Å². The number of fused-ring (bicyclic) bond motifs is 2. The number of ether oxygens (including phenoxy) is 1. The van der Waals surface area contributed by atoms with Gasteiger partial charge in [-0.2, -0.15) is 0 Å². The Kier molecular flexibility index (Phi) is 6.15. The predicted octanol–water partition coefficient (Wildman–Crippen LogP) is 3.76. The van der Waals surface area contributed by atoms with E-state index in [1.807, 2.05) is 42.5 Å². The Hall–Kier alpha value is -4.24. The number of nitrogens with one attached hydrogen (secondary N) is 1. The summed E-state index contributed by atoms with van der Waals surface area (Å²) in [5.41, 5.74) is 1.83. The molecule has 0 bridgehead atoms. The largest absolute Gasteiger partial charge is 0.465 e. The molecule has 0 aliphatic rings. The number of carbonyl (C=O) groups is 1. The van der Waals surface area contributed by atoms with Crippen molar-refractivity contribution in [3.63, 3.8) is 0 Å². The van der Waals surface area contributed by atoms with Crippen molar-refractivity contribution in [3.05, 3.63) is 110 Å². The Morgan fingerprint density at radius 2 is 1.71 bits per heavy atom. The first-order valence-corrected chi connectivity index (χ1v) is 11.8. The molecule has 0 amide bonds. The lowest BCUT2D eigenvalue weighted by molar-refractivity contribution is 0.0601. The molecule has 0 fully saturated rings. The number of methoxy groups -OCH3 is 1. The van der Waals surface area contributed by atoms with Crippen molar-refractivity contribution in [3.8, 4) is 0 Å². The highest BCUT2D eigenvalue weighted by Gasteiger charge is 2.14. The van der Waals surface area contributed by atoms with E-state index < -0.39 is 5.97 Å². The maximum Gasteiger partial charge on any atom is 0.337 e. The molecule has 3 aromatic carbocycles. The van der Waals surface area contributed by atoms with Gasteiger partial charge in [0.25, 0.3) is 11.1 Å². The standard InChI is InChI=1S/C26H20N4O4S/c1-34-25(33)17-11-12-18-21(13-17)27-22(29-23(18)31)15-35-26-28-20-10-6-5-9-19(20)24(32)30(26)14-16-7-3-2-4-8-16/h2-13H,14-15H2,1H3,(H,27,29,31). The number of hydrogen-bond acceptors (Lipinski definition) is 7. The quantitative estimate of drug-likeness (QED) is 0.222. The molecule has 35 heavy (non-hydrogen) atoms. The summed E-state index contributed by atoms with van der Waals surface area (Å²) in [6.45, 7) is 0.365. The van der Waals surface area contributed by atoms with Crippen molar-refractivity contribution in [2.45, 2.75) is 17.5 Å². The molecule has 8 nitrogen and oxygen atoms in total. The molecule has 0 atom stereocenters. The lowest BCUT2D eigenvalue weighted by atomic mass is 10.1. The zero-order chi connectivity index (χ0) is 24.4. The molecule has 0 aliphatic heterocycles. The van der Waals surface area contributed by atoms with Crippen LogP contribution in [0.2, 0.25) is 0 Å². The number of hydrogen-bond donors (Lipinski definition) is 1. The minimum atomic E-state index is -0.504. The number of carbonyl (C=O) groups excluding carboxylic acids is 1. The molecule has 174 valence electrons. The number of thioether (sulfide) groups is 1. The number of benzene rings is 3. The number of rotatable bonds is 6. The van der Waals surface area contributed by atoms with Gasteiger partial charge in [-0.3, -0.25) is 14.2 Å². The van der Waals surface area contributed by atoms with Gasteiger partial charge in [-0.25, -0.2) is 14.8 Å². The molecule has 5 rings (SSSR count). The highest BCUT2D eigenvalue weighted by Crippen LogP contribution is 2.22. The number of nitrogens with zero attached hydrogens (tertiary/aromatic N) is 3. The Bertz CT molecular complexity index is 1680. The third-order valence-corrected chi connectivity index (χ3v) is 6.51. The zero-order valence-electron chi connectivity index (χ0n) is 18.7. The Balaban J connectivity index is 1.53. The summed E-state index contributed by atoms with van der Waals surface area (Å²) < 4.78 is 6.40. The van der Waals surface area contributed by atoms with E-state index in [-0.39, 0.29) is 16.9 Å². The van der Waals surface area contributed by atoms with Crippen LogP contribution >= 0.6 is 11.8 Å². The topological polar surface area (TPSA) is 107 Å². The van der Waals surface area contributed by atoms with Crippen molar-refractivity contribution in [1.82, 2.24) is 19.5 Å². The maximum atomic E-state index is 13.3. The van der Waals surface area contributed by atoms with E-state index in [2.05, 4.69) is 9.97 Å². The van der Waals surface area contributed by atoms with Gasteiger partial charge in [-0.05, 0) is 35.9 Å². The van der Waals surface area contributed by atoms with E-state index >= 15 is 0 Å². The molecular weight excluding hydrogens is 464 g/mol. The number of H-pyrrole nitrogens is 1. The smallest absolute Gasteiger partial charge is 0.337 e. The summed E-state index contributed by atoms with van der Waals surface area (Å²) in [5, 5.41) is 1.43. The minimum Gasteiger partial charge on any atom is -0.465 e. The molecule has 5 aromatic rings. The van der Waals surface area contributed by atoms with Crippen LogP contribution in [-0.4, -0.2) is 32.6 Å². The Morgan fingerprint density at radius 1 is 0.943 bits per heavy atom. The predicted molar refractivity (Wildman–Crippen MR) is 135 cm³/mol. The summed E-state index contributed by atoms with van der Waals surface area (Å²) in [6.07, 6.45) is 0. The van der Waals surface area contributed by atoms with Crippen molar-refractivity contribution in [1.29, 1.82) is 0 Å². The lowest BCUT2D eigenvalue weighted by Crippen LogP contribution is -2.24. The van der Waals surface area contributed by atoms with Crippen molar-refractivity contribution < 1.29 is 9.53 Å². The monoisotopic (exact) mass is 484 g/mol. The van der Waals surface area contributed by atoms with Crippen LogP contribution in [-0.2, 0) is 17.0 Å². The third-order valence-electron chi connectivity index (χ3n) is 5.52. The second kappa shape index (κ2) is 9.55. The van der Waals surface area contributed by atoms with Crippen molar-refractivity contribution >= 4 is 39.5 Å². The fourth-order valence-corrected chi connectivity index (χ4v) is 4.67. The molecule has 0 saturated heterocycles. The molecule has 1 N–H and O–H groups in total. The fraction of sp³-hybridized carbons (Fsp3) is 0.115. The first-order chi connectivity index (χ1) is 17.0. The van der Waals surface area contributed by atoms with Crippen LogP contribution in [0, 0.1) is 0 Å². The first kappa shape index (κ1) is 22.5. The minimum absolute atomic E-state index is 0.135. The van der Waals surface area contributed by atoms with Crippen LogP contribution < -0.4 is 11.1 Å². The summed E-state index contributed by atoms with van der Waals surface area (Å²) >= 11 is 1.31. The van der Waals surface area contributed by atoms with E-state index in [4.69, 9.17) is 9.72 Å². The van der Waals surface area contributed by atoms with Crippen LogP contribution in [0.5, 0.6) is 0 Å². The Morgan fingerprint density at radius 3 is 2.51 bits per heavy atom. The van der Waals surface area contributed by atoms with Gasteiger partial charge in [0, 0.05) is 0 Å². The van der Waals surface area contributed by atoms with Crippen LogP contribution in [0.1, 0.15) is 21.7 Å². The van der Waals surface area contributed by atoms with Crippen LogP contribution in [0.3, 0.4) is 0 Å². The lowest BCUT2D eigenvalue weighted by Gasteiger charge is -2.13. The van der Waals surface area contributed by atoms with Gasteiger partial charge >= 0.3 is 5.97 Å². The molecule has 2 heterocycles. The highest BCUT2D eigenvalue weighted by atomic mass is 32.2. The van der Waals surface area contributed by atoms with E-state index in [1.54, 1.807) is 22.8 Å². The number of aromatic amines is 1. The molecular formula is C26H20N4O4S. The van der Waals surface area contributed by atoms with Crippen LogP contribution in [0.15, 0.2) is 87.5 Å². The summed E-state index contributed by atoms with van der Waals surface area (Å²) in [5.74, 6) is 0.172. The molecule has 2 aromatic heterocycles. The molecule has 9 heteroatoms. The normalized spacial score (nSPS) is 11.1. The average molecular weight is 485 g/mol. The molecule has 0 unspecified atom stereocenters. The van der Waals surface area contributed by atoms with Crippen LogP contribution in [0.25, 0.3) is 21.8 Å². The average Bonchev–Trinajstić information content (AvgIpc) is 2.89. The molecule has 0 spiro atoms. The number of para-hydroxylation sites is 1. The Labute approximate surface area is 203 Å². The fourth-order valence-electron chi connectivity index (χ4n) is 3.80. The number of aromatic nitrogens is 4. The maximum absolute atomic E-state index is 13.3. The van der Waals surface area contributed by atoms with E-state index in [1.165, 1.54) is 31.0 Å². The van der Waals surface area contributed by atoms with E-state index in [0.29, 0.717) is 44.9 Å². The van der Waals surface area contributed by atoms with Gasteiger partial charge in [-0.15, -0.1) is 0 Å². The van der Waals surface area contributed by atoms with Gasteiger partial charge in [0.05, 0.1) is 46.8 Å². The van der Waals surface area contributed by atoms with Gasteiger partial charge in [0.1, 0.15) is 5.82 Å². The molecule has 0 saturated carbocycles. The van der Waals surface area contributed by atoms with Gasteiger partial charge < -0.3 is 9.72 Å². The third kappa shape index (κ3) is 4.58. The summed E-state index contributed by atoms with van der Waals surface area (Å²) in [4.78, 5) is 49.8. The number of esters is 1.